The smallest absolute Gasteiger partial charge is 0.407 e. The zero-order valence-electron chi connectivity index (χ0n) is 32.4. The number of likely N-dealkylation sites (tertiary alicyclic amines) is 2. The molecule has 2 unspecified atom stereocenters. The summed E-state index contributed by atoms with van der Waals surface area (Å²) in [6.07, 6.45) is 5.11. The van der Waals surface area contributed by atoms with Gasteiger partial charge < -0.3 is 40.3 Å². The molecule has 294 valence electrons. The third-order valence-electron chi connectivity index (χ3n) is 9.64. The van der Waals surface area contributed by atoms with E-state index in [1.807, 2.05) is 18.7 Å². The lowest BCUT2D eigenvalue weighted by Gasteiger charge is -2.26. The Morgan fingerprint density at radius 2 is 1.62 bits per heavy atom. The minimum atomic E-state index is -0.745. The first kappa shape index (κ1) is 40.7. The van der Waals surface area contributed by atoms with Gasteiger partial charge in [0.15, 0.2) is 0 Å². The number of nitrogens with zero attached hydrogens (tertiary/aromatic N) is 4. The van der Waals surface area contributed by atoms with E-state index in [2.05, 4.69) is 97.2 Å². The van der Waals surface area contributed by atoms with Gasteiger partial charge in [0.25, 0.3) is 0 Å². The Bertz CT molecular complexity index is 2080. The number of alkyl carbamates (subject to hydrolysis) is 1. The molecule has 0 spiro atoms. The first-order valence-electron chi connectivity index (χ1n) is 18.7. The maximum absolute atomic E-state index is 12.8. The van der Waals surface area contributed by atoms with Crippen molar-refractivity contribution in [2.75, 3.05) is 33.9 Å². The van der Waals surface area contributed by atoms with Gasteiger partial charge in [-0.25, -0.2) is 19.6 Å². The fourth-order valence-corrected chi connectivity index (χ4v) is 7.76. The summed E-state index contributed by atoms with van der Waals surface area (Å²) in [5, 5.41) is 4.73. The average Bonchev–Trinajstić information content (AvgIpc) is 4.02. The minimum absolute atomic E-state index is 0.00194. The van der Waals surface area contributed by atoms with Crippen molar-refractivity contribution in [3.05, 3.63) is 60.0 Å². The van der Waals surface area contributed by atoms with E-state index in [1.165, 1.54) is 30.2 Å². The Morgan fingerprint density at radius 3 is 2.29 bits per heavy atom. The molecule has 2 aliphatic heterocycles. The van der Waals surface area contributed by atoms with Gasteiger partial charge in [0.05, 0.1) is 48.7 Å². The van der Waals surface area contributed by atoms with Crippen LogP contribution in [0.3, 0.4) is 0 Å². The number of carbonyl (C=O) groups excluding carboxylic acids is 4. The summed E-state index contributed by atoms with van der Waals surface area (Å²) < 4.78 is 8.41. The molecule has 2 atom stereocenters. The lowest BCUT2D eigenvalue weighted by Crippen LogP contribution is -2.50. The Balaban J connectivity index is 0.000000231. The molecule has 7 rings (SSSR count). The zero-order chi connectivity index (χ0) is 39.6. The van der Waals surface area contributed by atoms with Gasteiger partial charge in [-0.15, -0.1) is 11.3 Å². The van der Waals surface area contributed by atoms with Crippen molar-refractivity contribution in [3.63, 3.8) is 0 Å². The highest BCUT2D eigenvalue weighted by Gasteiger charge is 2.32. The van der Waals surface area contributed by atoms with E-state index in [0.29, 0.717) is 12.3 Å². The molecule has 15 heteroatoms. The minimum Gasteiger partial charge on any atom is -0.453 e. The number of rotatable bonds is 8. The van der Waals surface area contributed by atoms with Crippen molar-refractivity contribution in [1.29, 1.82) is 0 Å². The number of hydrogen-bond donors (Lipinski definition) is 4. The quantitative estimate of drug-likeness (QED) is 0.127. The van der Waals surface area contributed by atoms with Crippen LogP contribution in [-0.4, -0.2) is 93.6 Å². The predicted octanol–water partition coefficient (Wildman–Crippen LogP) is 7.25. The van der Waals surface area contributed by atoms with E-state index < -0.39 is 18.2 Å². The van der Waals surface area contributed by atoms with Gasteiger partial charge in [-0.1, -0.05) is 39.8 Å². The summed E-state index contributed by atoms with van der Waals surface area (Å²) in [6, 6.07) is 14.5. The molecule has 2 aliphatic rings. The van der Waals surface area contributed by atoms with Gasteiger partial charge in [-0.2, -0.15) is 0 Å². The van der Waals surface area contributed by atoms with Crippen LogP contribution in [0.4, 0.5) is 9.59 Å². The maximum Gasteiger partial charge on any atom is 0.407 e. The largest absolute Gasteiger partial charge is 0.453 e. The second kappa shape index (κ2) is 18.7. The Labute approximate surface area is 325 Å². The number of imidazole rings is 2. The normalized spacial score (nSPS) is 15.7. The van der Waals surface area contributed by atoms with E-state index >= 15 is 0 Å². The van der Waals surface area contributed by atoms with Crippen LogP contribution in [0.1, 0.15) is 71.7 Å². The Kier molecular flexibility index (Phi) is 13.9. The van der Waals surface area contributed by atoms with Gasteiger partial charge in [-0.3, -0.25) is 9.59 Å². The van der Waals surface area contributed by atoms with Gasteiger partial charge >= 0.3 is 12.2 Å². The summed E-state index contributed by atoms with van der Waals surface area (Å²) in [5.74, 6) is 1.56. The first-order chi connectivity index (χ1) is 26.4. The second-order valence-corrected chi connectivity index (χ2v) is 15.3. The molecule has 0 bridgehead atoms. The topological polar surface area (TPSA) is 189 Å². The molecule has 5 aromatic rings. The molecular weight excluding hydrogens is 721 g/mol. The molecule has 5 heterocycles. The van der Waals surface area contributed by atoms with E-state index in [1.54, 1.807) is 22.6 Å². The Morgan fingerprint density at radius 1 is 0.927 bits per heavy atom. The number of methoxy groups -OCH3 is 2. The number of thiophene rings is 1. The van der Waals surface area contributed by atoms with Crippen molar-refractivity contribution in [2.24, 2.45) is 17.6 Å². The third kappa shape index (κ3) is 10.2. The zero-order valence-corrected chi connectivity index (χ0v) is 33.2. The molecule has 55 heavy (non-hydrogen) atoms. The third-order valence-corrected chi connectivity index (χ3v) is 10.6. The molecule has 5 N–H and O–H groups in total. The molecule has 0 saturated carbocycles. The summed E-state index contributed by atoms with van der Waals surface area (Å²) in [5.41, 5.74) is 11.9. The van der Waals surface area contributed by atoms with Gasteiger partial charge in [0, 0.05) is 36.5 Å². The summed E-state index contributed by atoms with van der Waals surface area (Å²) in [6.45, 7) is 10.4. The number of nitrogens with one attached hydrogen (secondary N) is 3. The number of H-pyrrole nitrogens is 2. The van der Waals surface area contributed by atoms with Crippen molar-refractivity contribution in [3.8, 4) is 21.6 Å². The van der Waals surface area contributed by atoms with Crippen molar-refractivity contribution >= 4 is 57.4 Å². The molecule has 2 saturated heterocycles. The number of nitrogens with two attached hydrogens (primary N) is 1. The van der Waals surface area contributed by atoms with E-state index in [9.17, 15) is 19.2 Å². The SMILES string of the molecule is CC(C)CC(=O)N1CCCC1c1nc2ccc(-c3sccc3-c3ccc4nc[nH]c4c3)cc2[nH]1.COC(=O)NC(C(=O)N1CCCC1)C(C)C.COC(N)=O. The van der Waals surface area contributed by atoms with E-state index in [-0.39, 0.29) is 23.8 Å². The monoisotopic (exact) mass is 772 g/mol. The lowest BCUT2D eigenvalue weighted by atomic mass is 10.0. The fourth-order valence-electron chi connectivity index (χ4n) is 6.84. The van der Waals surface area contributed by atoms with Crippen molar-refractivity contribution in [1.82, 2.24) is 35.1 Å². The molecule has 4 amide bonds. The van der Waals surface area contributed by atoms with Gasteiger partial charge in [-0.05, 0) is 84.4 Å². The van der Waals surface area contributed by atoms with E-state index in [4.69, 9.17) is 4.98 Å². The fraction of sp³-hybridized carbons (Fsp3) is 0.450. The Hall–Kier alpha value is -5.44. The molecular formula is C40H52N8O6S. The molecule has 0 radical (unpaired) electrons. The predicted molar refractivity (Wildman–Crippen MR) is 214 cm³/mol. The van der Waals surface area contributed by atoms with Crippen LogP contribution in [0.5, 0.6) is 0 Å². The second-order valence-electron chi connectivity index (χ2n) is 14.4. The number of carbonyl (C=O) groups is 4. The molecule has 0 aliphatic carbocycles. The molecule has 14 nitrogen and oxygen atoms in total. The number of aromatic nitrogens is 4. The van der Waals surface area contributed by atoms with Crippen LogP contribution in [0.15, 0.2) is 54.2 Å². The number of primary amides is 1. The number of aromatic amines is 2. The summed E-state index contributed by atoms with van der Waals surface area (Å²) >= 11 is 1.74. The molecule has 2 fully saturated rings. The number of fused-ring (bicyclic) bond motifs is 2. The van der Waals surface area contributed by atoms with Crippen molar-refractivity contribution in [2.45, 2.75) is 71.9 Å². The number of hydrogen-bond acceptors (Lipinski definition) is 9. The summed E-state index contributed by atoms with van der Waals surface area (Å²) in [4.78, 5) is 66.4. The highest BCUT2D eigenvalue weighted by atomic mass is 32.1. The molecule has 2 aromatic carbocycles. The maximum atomic E-state index is 12.8. The number of ether oxygens (including phenoxy) is 2. The standard InChI is InChI=1S/C27H27N5OS.C11H20N2O3.C2H5NO2/c1-16(2)12-25(33)32-10-3-4-24(32)27-30-21-8-6-18(14-23(21)31-27)26-19(9-11-34-26)17-5-7-20-22(13-17)29-15-28-20;1-8(2)9(12-11(15)16-3)10(14)13-6-4-5-7-13;1-5-2(3)4/h5-9,11,13-16,24H,3-4,10,12H2,1-2H3,(H,28,29)(H,30,31);8-9H,4-7H2,1-3H3,(H,12,15);1H3,(H2,3,4). The van der Waals surface area contributed by atoms with Gasteiger partial charge in [0.1, 0.15) is 11.9 Å². The van der Waals surface area contributed by atoms with Crippen LogP contribution in [0.25, 0.3) is 43.6 Å². The first-order valence-corrected chi connectivity index (χ1v) is 19.5. The number of benzene rings is 2. The van der Waals surface area contributed by atoms with Crippen LogP contribution in [-0.2, 0) is 19.1 Å². The average molecular weight is 773 g/mol. The number of amides is 4. The van der Waals surface area contributed by atoms with Crippen molar-refractivity contribution < 1.29 is 28.7 Å². The van der Waals surface area contributed by atoms with Crippen LogP contribution < -0.4 is 11.1 Å². The molecule has 3 aromatic heterocycles. The van der Waals surface area contributed by atoms with E-state index in [0.717, 1.165) is 78.8 Å². The van der Waals surface area contributed by atoms with Gasteiger partial charge in [0.2, 0.25) is 11.8 Å². The summed E-state index contributed by atoms with van der Waals surface area (Å²) in [7, 11) is 2.52. The van der Waals surface area contributed by atoms with Crippen LogP contribution in [0.2, 0.25) is 0 Å². The highest BCUT2D eigenvalue weighted by molar-refractivity contribution is 7.14. The lowest BCUT2D eigenvalue weighted by molar-refractivity contribution is -0.134. The van der Waals surface area contributed by atoms with Crippen LogP contribution >= 0.6 is 11.3 Å². The van der Waals surface area contributed by atoms with Crippen LogP contribution in [0, 0.1) is 11.8 Å². The highest BCUT2D eigenvalue weighted by Crippen LogP contribution is 2.39.